The Labute approximate surface area is 224 Å². The third-order valence-corrected chi connectivity index (χ3v) is 6.87. The molecule has 0 saturated carbocycles. The van der Waals surface area contributed by atoms with E-state index in [9.17, 15) is 19.2 Å². The van der Waals surface area contributed by atoms with Gasteiger partial charge in [0, 0.05) is 12.8 Å². The van der Waals surface area contributed by atoms with E-state index in [1.807, 2.05) is 67.6 Å². The van der Waals surface area contributed by atoms with Gasteiger partial charge >= 0.3 is 5.97 Å². The highest BCUT2D eigenvalue weighted by Crippen LogP contribution is 2.20. The Morgan fingerprint density at radius 2 is 1.39 bits per heavy atom. The van der Waals surface area contributed by atoms with Crippen LogP contribution in [0.2, 0.25) is 0 Å². The van der Waals surface area contributed by atoms with Crippen LogP contribution >= 0.6 is 0 Å². The van der Waals surface area contributed by atoms with Gasteiger partial charge in [0.25, 0.3) is 0 Å². The summed E-state index contributed by atoms with van der Waals surface area (Å²) in [5, 5.41) is 8.29. The SMILES string of the molecule is CCCC[C@H](C)[C@@H]1CC(=O)N[C@H](Cc2ccccc2)C(=O)N[C@H](C)C(=O)N[C@H](Cc2ccccc2)C(=O)O1. The molecular weight excluding hydrogens is 482 g/mol. The second-order valence-electron chi connectivity index (χ2n) is 10.1. The number of ether oxygens (including phenoxy) is 1. The van der Waals surface area contributed by atoms with Gasteiger partial charge in [-0.1, -0.05) is 87.4 Å². The van der Waals surface area contributed by atoms with Crippen molar-refractivity contribution in [3.8, 4) is 0 Å². The molecule has 3 amide bonds. The van der Waals surface area contributed by atoms with Crippen LogP contribution in [0.4, 0.5) is 0 Å². The van der Waals surface area contributed by atoms with Gasteiger partial charge in [-0.2, -0.15) is 0 Å². The lowest BCUT2D eigenvalue weighted by molar-refractivity contribution is -0.157. The molecule has 3 rings (SSSR count). The molecule has 8 heteroatoms. The molecule has 38 heavy (non-hydrogen) atoms. The minimum absolute atomic E-state index is 0.0727. The Morgan fingerprint density at radius 3 is 1.97 bits per heavy atom. The molecule has 0 aromatic heterocycles. The Kier molecular flexibility index (Phi) is 10.9. The molecule has 1 saturated heterocycles. The zero-order valence-corrected chi connectivity index (χ0v) is 22.4. The number of carbonyl (C=O) groups excluding carboxylic acids is 4. The van der Waals surface area contributed by atoms with Gasteiger partial charge in [-0.3, -0.25) is 14.4 Å². The zero-order chi connectivity index (χ0) is 27.5. The van der Waals surface area contributed by atoms with Crippen LogP contribution in [0.1, 0.15) is 57.6 Å². The maximum absolute atomic E-state index is 13.4. The van der Waals surface area contributed by atoms with E-state index in [-0.39, 0.29) is 31.1 Å². The van der Waals surface area contributed by atoms with E-state index in [0.717, 1.165) is 30.4 Å². The van der Waals surface area contributed by atoms with Crippen molar-refractivity contribution >= 4 is 23.7 Å². The number of hydrogen-bond acceptors (Lipinski definition) is 5. The van der Waals surface area contributed by atoms with Crippen molar-refractivity contribution in [2.75, 3.05) is 0 Å². The molecule has 5 atom stereocenters. The van der Waals surface area contributed by atoms with E-state index >= 15 is 0 Å². The fraction of sp³-hybridized carbons (Fsp3) is 0.467. The molecule has 1 fully saturated rings. The third kappa shape index (κ3) is 8.71. The number of nitrogens with one attached hydrogen (secondary N) is 3. The lowest BCUT2D eigenvalue weighted by Crippen LogP contribution is -2.55. The first-order valence-corrected chi connectivity index (χ1v) is 13.4. The van der Waals surface area contributed by atoms with E-state index in [1.165, 1.54) is 0 Å². The molecule has 1 aliphatic rings. The van der Waals surface area contributed by atoms with E-state index in [0.29, 0.717) is 0 Å². The first kappa shape index (κ1) is 28.9. The van der Waals surface area contributed by atoms with Gasteiger partial charge in [-0.15, -0.1) is 0 Å². The Balaban J connectivity index is 1.90. The highest BCUT2D eigenvalue weighted by Gasteiger charge is 2.33. The summed E-state index contributed by atoms with van der Waals surface area (Å²) < 4.78 is 5.92. The Hall–Kier alpha value is -3.68. The summed E-state index contributed by atoms with van der Waals surface area (Å²) in [6.45, 7) is 5.59. The first-order valence-electron chi connectivity index (χ1n) is 13.4. The summed E-state index contributed by atoms with van der Waals surface area (Å²) in [5.74, 6) is -2.03. The van der Waals surface area contributed by atoms with Crippen LogP contribution in [0.15, 0.2) is 60.7 Å². The van der Waals surface area contributed by atoms with Crippen LogP contribution in [0, 0.1) is 5.92 Å². The van der Waals surface area contributed by atoms with Crippen molar-refractivity contribution in [1.82, 2.24) is 16.0 Å². The Morgan fingerprint density at radius 1 is 0.816 bits per heavy atom. The Bertz CT molecular complexity index is 1080. The van der Waals surface area contributed by atoms with Crippen molar-refractivity contribution in [3.63, 3.8) is 0 Å². The number of rotatable bonds is 8. The summed E-state index contributed by atoms with van der Waals surface area (Å²) in [6, 6.07) is 15.9. The molecule has 204 valence electrons. The second-order valence-corrected chi connectivity index (χ2v) is 10.1. The number of hydrogen-bond donors (Lipinski definition) is 3. The molecule has 1 heterocycles. The molecule has 8 nitrogen and oxygen atoms in total. The molecule has 1 aliphatic heterocycles. The predicted molar refractivity (Wildman–Crippen MR) is 145 cm³/mol. The van der Waals surface area contributed by atoms with E-state index in [1.54, 1.807) is 6.92 Å². The van der Waals surface area contributed by atoms with Gasteiger partial charge < -0.3 is 20.7 Å². The maximum Gasteiger partial charge on any atom is 0.329 e. The minimum atomic E-state index is -0.964. The number of carbonyl (C=O) groups is 4. The number of unbranched alkanes of at least 4 members (excludes halogenated alkanes) is 1. The van der Waals surface area contributed by atoms with E-state index in [2.05, 4.69) is 22.9 Å². The van der Waals surface area contributed by atoms with Crippen molar-refractivity contribution in [1.29, 1.82) is 0 Å². The number of benzene rings is 2. The predicted octanol–water partition coefficient (Wildman–Crippen LogP) is 3.09. The van der Waals surface area contributed by atoms with Gasteiger partial charge in [0.1, 0.15) is 24.2 Å². The summed E-state index contributed by atoms with van der Waals surface area (Å²) >= 11 is 0. The number of esters is 1. The standard InChI is InChI=1S/C30H39N3O5/c1-4-5-12-20(2)26-19-27(34)32-24(17-22-13-8-6-9-14-22)29(36)31-21(3)28(35)33-25(30(37)38-26)18-23-15-10-7-11-16-23/h6-11,13-16,20-21,24-26H,4-5,12,17-19H2,1-3H3,(H,31,36)(H,32,34)(H,33,35)/t20-,21+,24+,25+,26-/m0/s1. The average molecular weight is 522 g/mol. The third-order valence-electron chi connectivity index (χ3n) is 6.87. The number of cyclic esters (lactones) is 1. The largest absolute Gasteiger partial charge is 0.460 e. The summed E-state index contributed by atoms with van der Waals surface area (Å²) in [4.78, 5) is 52.8. The topological polar surface area (TPSA) is 114 Å². The minimum Gasteiger partial charge on any atom is -0.460 e. The fourth-order valence-electron chi connectivity index (χ4n) is 4.52. The molecule has 0 spiro atoms. The molecule has 0 aliphatic carbocycles. The van der Waals surface area contributed by atoms with Gasteiger partial charge in [0.2, 0.25) is 17.7 Å². The van der Waals surface area contributed by atoms with E-state index in [4.69, 9.17) is 4.74 Å². The van der Waals surface area contributed by atoms with Crippen molar-refractivity contribution in [3.05, 3.63) is 71.8 Å². The maximum atomic E-state index is 13.4. The average Bonchev–Trinajstić information content (AvgIpc) is 2.91. The van der Waals surface area contributed by atoms with Gasteiger partial charge in [-0.05, 0) is 30.4 Å². The fourth-order valence-corrected chi connectivity index (χ4v) is 4.52. The lowest BCUT2D eigenvalue weighted by atomic mass is 9.95. The molecule has 0 radical (unpaired) electrons. The normalized spacial score (nSPS) is 24.0. The van der Waals surface area contributed by atoms with Crippen molar-refractivity contribution in [2.45, 2.75) is 83.5 Å². The molecule has 0 unspecified atom stereocenters. The second kappa shape index (κ2) is 14.3. The van der Waals surface area contributed by atoms with Gasteiger partial charge in [0.15, 0.2) is 0 Å². The summed E-state index contributed by atoms with van der Waals surface area (Å²) in [6.07, 6.45) is 2.41. The van der Waals surface area contributed by atoms with Crippen LogP contribution < -0.4 is 16.0 Å². The molecule has 2 aromatic carbocycles. The smallest absolute Gasteiger partial charge is 0.329 e. The van der Waals surface area contributed by atoms with Gasteiger partial charge in [0.05, 0.1) is 6.42 Å². The summed E-state index contributed by atoms with van der Waals surface area (Å²) in [5.41, 5.74) is 1.73. The monoisotopic (exact) mass is 521 g/mol. The highest BCUT2D eigenvalue weighted by atomic mass is 16.5. The number of amides is 3. The van der Waals surface area contributed by atoms with Crippen molar-refractivity contribution in [2.24, 2.45) is 5.92 Å². The quantitative estimate of drug-likeness (QED) is 0.462. The van der Waals surface area contributed by atoms with Crippen molar-refractivity contribution < 1.29 is 23.9 Å². The molecule has 3 N–H and O–H groups in total. The molecular formula is C30H39N3O5. The van der Waals surface area contributed by atoms with Crippen LogP contribution in [0.5, 0.6) is 0 Å². The van der Waals surface area contributed by atoms with Crippen LogP contribution in [0.3, 0.4) is 0 Å². The lowest BCUT2D eigenvalue weighted by Gasteiger charge is -2.27. The molecule has 0 bridgehead atoms. The van der Waals surface area contributed by atoms with Gasteiger partial charge in [-0.25, -0.2) is 4.79 Å². The van der Waals surface area contributed by atoms with E-state index < -0.39 is 42.0 Å². The highest BCUT2D eigenvalue weighted by molar-refractivity contribution is 5.94. The van der Waals surface area contributed by atoms with Crippen LogP contribution in [0.25, 0.3) is 0 Å². The zero-order valence-electron chi connectivity index (χ0n) is 22.4. The summed E-state index contributed by atoms with van der Waals surface area (Å²) in [7, 11) is 0. The van der Waals surface area contributed by atoms with Crippen LogP contribution in [-0.4, -0.2) is 47.9 Å². The first-order chi connectivity index (χ1) is 18.3. The van der Waals surface area contributed by atoms with Crippen LogP contribution in [-0.2, 0) is 36.8 Å². The molecule has 2 aromatic rings.